The number of amides is 1. The van der Waals surface area contributed by atoms with Gasteiger partial charge in [0.2, 0.25) is 5.91 Å². The lowest BCUT2D eigenvalue weighted by molar-refractivity contribution is -0.121. The summed E-state index contributed by atoms with van der Waals surface area (Å²) in [4.78, 5) is 14.1. The molecule has 2 fully saturated rings. The minimum absolute atomic E-state index is 0.0517. The average molecular weight is 289 g/mol. The smallest absolute Gasteiger partial charge is 0.221 e. The molecule has 0 aromatic heterocycles. The molecule has 0 bridgehead atoms. The Kier molecular flexibility index (Phi) is 4.81. The van der Waals surface area contributed by atoms with Gasteiger partial charge in [0.25, 0.3) is 0 Å². The fourth-order valence-electron chi connectivity index (χ4n) is 2.75. The van der Waals surface area contributed by atoms with E-state index in [1.54, 1.807) is 0 Å². The molecule has 0 aliphatic carbocycles. The fraction of sp³-hybridized carbons (Fsp3) is 0.917. The Morgan fingerprint density at radius 2 is 2.26 bits per heavy atom. The van der Waals surface area contributed by atoms with Crippen LogP contribution in [0, 0.1) is 5.92 Å². The van der Waals surface area contributed by atoms with Crippen molar-refractivity contribution in [2.45, 2.75) is 18.9 Å². The van der Waals surface area contributed by atoms with Crippen molar-refractivity contribution >= 4 is 15.7 Å². The largest absolute Gasteiger partial charge is 0.356 e. The second kappa shape index (κ2) is 6.19. The molecule has 2 rings (SSSR count). The molecule has 0 aromatic carbocycles. The number of carbonyl (C=O) groups is 1. The van der Waals surface area contributed by atoms with Crippen molar-refractivity contribution in [2.24, 2.45) is 5.92 Å². The van der Waals surface area contributed by atoms with E-state index in [4.69, 9.17) is 0 Å². The lowest BCUT2D eigenvalue weighted by Gasteiger charge is -2.23. The van der Waals surface area contributed by atoms with Crippen LogP contribution in [0.25, 0.3) is 0 Å². The van der Waals surface area contributed by atoms with Crippen LogP contribution in [0.15, 0.2) is 0 Å². The van der Waals surface area contributed by atoms with Crippen molar-refractivity contribution in [3.63, 3.8) is 0 Å². The third-order valence-electron chi connectivity index (χ3n) is 3.81. The number of hydrogen-bond acceptors (Lipinski definition) is 5. The zero-order valence-electron chi connectivity index (χ0n) is 11.4. The monoisotopic (exact) mass is 289 g/mol. The molecular formula is C12H23N3O3S. The standard InChI is InChI=1S/C12H23N3O3S/c1-15-4-2-10(8-15)7-14-12(16)6-11-9-19(17,18)5-3-13-11/h10-11,13H,2-9H2,1H3,(H,14,16). The van der Waals surface area contributed by atoms with Crippen LogP contribution in [0.4, 0.5) is 0 Å². The van der Waals surface area contributed by atoms with E-state index in [1.165, 1.54) is 0 Å². The lowest BCUT2D eigenvalue weighted by atomic mass is 10.1. The average Bonchev–Trinajstić information content (AvgIpc) is 2.71. The highest BCUT2D eigenvalue weighted by Gasteiger charge is 2.26. The molecule has 7 heteroatoms. The summed E-state index contributed by atoms with van der Waals surface area (Å²) >= 11 is 0. The van der Waals surface area contributed by atoms with Crippen LogP contribution < -0.4 is 10.6 Å². The number of nitrogens with one attached hydrogen (secondary N) is 2. The van der Waals surface area contributed by atoms with Gasteiger partial charge in [-0.1, -0.05) is 0 Å². The van der Waals surface area contributed by atoms with E-state index >= 15 is 0 Å². The molecule has 19 heavy (non-hydrogen) atoms. The Labute approximate surface area is 114 Å². The molecule has 2 atom stereocenters. The Balaban J connectivity index is 1.69. The summed E-state index contributed by atoms with van der Waals surface area (Å²) in [7, 11) is -0.883. The number of likely N-dealkylation sites (tertiary alicyclic amines) is 1. The number of rotatable bonds is 4. The van der Waals surface area contributed by atoms with Crippen molar-refractivity contribution in [1.29, 1.82) is 0 Å². The van der Waals surface area contributed by atoms with E-state index in [-0.39, 0.29) is 29.9 Å². The summed E-state index contributed by atoms with van der Waals surface area (Å²) in [6.07, 6.45) is 1.37. The van der Waals surface area contributed by atoms with Gasteiger partial charge in [-0.15, -0.1) is 0 Å². The summed E-state index contributed by atoms with van der Waals surface area (Å²) in [5.74, 6) is 0.729. The normalized spacial score (nSPS) is 31.2. The molecule has 6 nitrogen and oxygen atoms in total. The van der Waals surface area contributed by atoms with Crippen LogP contribution in [0.1, 0.15) is 12.8 Å². The number of hydrogen-bond donors (Lipinski definition) is 2. The molecule has 2 unspecified atom stereocenters. The molecule has 2 aliphatic heterocycles. The van der Waals surface area contributed by atoms with Crippen LogP contribution >= 0.6 is 0 Å². The minimum Gasteiger partial charge on any atom is -0.356 e. The molecule has 2 heterocycles. The predicted molar refractivity (Wildman–Crippen MR) is 73.7 cm³/mol. The number of nitrogens with zero attached hydrogens (tertiary/aromatic N) is 1. The van der Waals surface area contributed by atoms with E-state index in [2.05, 4.69) is 22.6 Å². The molecule has 0 radical (unpaired) electrons. The molecule has 2 saturated heterocycles. The second-order valence-corrected chi connectivity index (χ2v) is 7.92. The van der Waals surface area contributed by atoms with Crippen LogP contribution in [-0.2, 0) is 14.6 Å². The first-order valence-electron chi connectivity index (χ1n) is 6.84. The summed E-state index contributed by atoms with van der Waals surface area (Å²) in [5, 5.41) is 6.01. The Morgan fingerprint density at radius 1 is 1.47 bits per heavy atom. The van der Waals surface area contributed by atoms with Gasteiger partial charge in [0.05, 0.1) is 11.5 Å². The summed E-state index contributed by atoms with van der Waals surface area (Å²) in [6.45, 7) is 3.26. The Morgan fingerprint density at radius 3 is 2.89 bits per heavy atom. The third-order valence-corrected chi connectivity index (χ3v) is 5.55. The first kappa shape index (κ1) is 14.7. The number of sulfone groups is 1. The van der Waals surface area contributed by atoms with Gasteiger partial charge < -0.3 is 15.5 Å². The molecule has 2 aliphatic rings. The first-order chi connectivity index (χ1) is 8.94. The molecular weight excluding hydrogens is 266 g/mol. The van der Waals surface area contributed by atoms with E-state index in [9.17, 15) is 13.2 Å². The van der Waals surface area contributed by atoms with Gasteiger partial charge in [0.1, 0.15) is 0 Å². The molecule has 2 N–H and O–H groups in total. The van der Waals surface area contributed by atoms with Crippen molar-refractivity contribution in [2.75, 3.05) is 44.7 Å². The van der Waals surface area contributed by atoms with E-state index in [0.717, 1.165) is 19.5 Å². The Hall–Kier alpha value is -0.660. The molecule has 1 amide bonds. The topological polar surface area (TPSA) is 78.5 Å². The zero-order chi connectivity index (χ0) is 13.9. The van der Waals surface area contributed by atoms with Crippen LogP contribution in [0.3, 0.4) is 0 Å². The highest BCUT2D eigenvalue weighted by atomic mass is 32.2. The zero-order valence-corrected chi connectivity index (χ0v) is 12.2. The summed E-state index contributed by atoms with van der Waals surface area (Å²) in [6, 6.07) is -0.231. The summed E-state index contributed by atoms with van der Waals surface area (Å²) < 4.78 is 22.9. The SMILES string of the molecule is CN1CCC(CNC(=O)CC2CS(=O)(=O)CCN2)C1. The van der Waals surface area contributed by atoms with Crippen LogP contribution in [-0.4, -0.2) is 70.0 Å². The van der Waals surface area contributed by atoms with Crippen LogP contribution in [0.5, 0.6) is 0 Å². The van der Waals surface area contributed by atoms with Gasteiger partial charge in [-0.2, -0.15) is 0 Å². The lowest BCUT2D eigenvalue weighted by Crippen LogP contribution is -2.47. The predicted octanol–water partition coefficient (Wildman–Crippen LogP) is -1.17. The van der Waals surface area contributed by atoms with E-state index in [1.807, 2.05) is 0 Å². The van der Waals surface area contributed by atoms with Gasteiger partial charge in [-0.05, 0) is 25.9 Å². The van der Waals surface area contributed by atoms with Gasteiger partial charge in [0, 0.05) is 32.1 Å². The quantitative estimate of drug-likeness (QED) is 0.682. The van der Waals surface area contributed by atoms with Gasteiger partial charge in [0.15, 0.2) is 9.84 Å². The highest BCUT2D eigenvalue weighted by molar-refractivity contribution is 7.91. The molecule has 0 aromatic rings. The van der Waals surface area contributed by atoms with Crippen LogP contribution in [0.2, 0.25) is 0 Å². The maximum absolute atomic E-state index is 11.8. The maximum Gasteiger partial charge on any atom is 0.221 e. The van der Waals surface area contributed by atoms with E-state index in [0.29, 0.717) is 19.0 Å². The third kappa shape index (κ3) is 4.74. The molecule has 0 spiro atoms. The first-order valence-corrected chi connectivity index (χ1v) is 8.66. The van der Waals surface area contributed by atoms with E-state index < -0.39 is 9.84 Å². The Bertz CT molecular complexity index is 424. The van der Waals surface area contributed by atoms with Gasteiger partial charge in [-0.25, -0.2) is 8.42 Å². The summed E-state index contributed by atoms with van der Waals surface area (Å²) in [5.41, 5.74) is 0. The second-order valence-electron chi connectivity index (χ2n) is 5.69. The molecule has 110 valence electrons. The van der Waals surface area contributed by atoms with Crippen molar-refractivity contribution in [3.8, 4) is 0 Å². The van der Waals surface area contributed by atoms with Gasteiger partial charge >= 0.3 is 0 Å². The van der Waals surface area contributed by atoms with Crippen molar-refractivity contribution in [3.05, 3.63) is 0 Å². The highest BCUT2D eigenvalue weighted by Crippen LogP contribution is 2.13. The maximum atomic E-state index is 11.8. The van der Waals surface area contributed by atoms with Gasteiger partial charge in [-0.3, -0.25) is 4.79 Å². The van der Waals surface area contributed by atoms with Crippen molar-refractivity contribution in [1.82, 2.24) is 15.5 Å². The minimum atomic E-state index is -2.96. The fourth-order valence-corrected chi connectivity index (χ4v) is 4.19. The van der Waals surface area contributed by atoms with Crippen molar-refractivity contribution < 1.29 is 13.2 Å². The molecule has 0 saturated carbocycles. The number of carbonyl (C=O) groups excluding carboxylic acids is 1.